The van der Waals surface area contributed by atoms with Crippen molar-refractivity contribution in [2.45, 2.75) is 11.4 Å². The molecule has 0 bridgehead atoms. The van der Waals surface area contributed by atoms with E-state index in [1.807, 2.05) is 12.1 Å². The Hall–Kier alpha value is -3.03. The number of benzene rings is 3. The van der Waals surface area contributed by atoms with Gasteiger partial charge in [-0.05, 0) is 60.2 Å². The summed E-state index contributed by atoms with van der Waals surface area (Å²) in [4.78, 5) is 12.7. The van der Waals surface area contributed by atoms with Crippen LogP contribution in [0.4, 0.5) is 5.69 Å². The number of hydrogen-bond acceptors (Lipinski definition) is 4. The van der Waals surface area contributed by atoms with Crippen LogP contribution < -0.4 is 14.4 Å². The van der Waals surface area contributed by atoms with Crippen molar-refractivity contribution in [1.82, 2.24) is 5.32 Å². The quantitative estimate of drug-likeness (QED) is 0.595. The molecule has 1 amide bonds. The van der Waals surface area contributed by atoms with Gasteiger partial charge in [0.15, 0.2) is 0 Å². The fraction of sp³-hybridized carbons (Fsp3) is 0.136. The minimum absolute atomic E-state index is 0.126. The van der Waals surface area contributed by atoms with Crippen LogP contribution in [0, 0.1) is 0 Å². The fourth-order valence-corrected chi connectivity index (χ4v) is 4.22. The molecule has 1 N–H and O–H groups in total. The first-order valence-corrected chi connectivity index (χ1v) is 10.9. The van der Waals surface area contributed by atoms with Crippen molar-refractivity contribution in [3.63, 3.8) is 0 Å². The van der Waals surface area contributed by atoms with Gasteiger partial charge in [-0.2, -0.15) is 0 Å². The molecule has 0 atom stereocenters. The van der Waals surface area contributed by atoms with Crippen molar-refractivity contribution in [3.05, 3.63) is 88.9 Å². The zero-order chi connectivity index (χ0) is 21.7. The van der Waals surface area contributed by atoms with Gasteiger partial charge in [-0.3, -0.25) is 9.10 Å². The van der Waals surface area contributed by atoms with Crippen LogP contribution in [0.3, 0.4) is 0 Å². The van der Waals surface area contributed by atoms with Gasteiger partial charge in [0.2, 0.25) is 0 Å². The summed E-state index contributed by atoms with van der Waals surface area (Å²) in [5, 5.41) is 3.40. The molecule has 6 nitrogen and oxygen atoms in total. The SMILES string of the molecule is COc1ccc(S(=O)(=O)N(C)c2cccc(C(=O)NCc3cccc(Cl)c3)c2)cc1. The van der Waals surface area contributed by atoms with Crippen LogP contribution in [0.2, 0.25) is 5.02 Å². The van der Waals surface area contributed by atoms with Crippen LogP contribution in [0.25, 0.3) is 0 Å². The van der Waals surface area contributed by atoms with E-state index in [-0.39, 0.29) is 10.8 Å². The maximum Gasteiger partial charge on any atom is 0.264 e. The van der Waals surface area contributed by atoms with E-state index in [4.69, 9.17) is 16.3 Å². The first kappa shape index (κ1) is 21.7. The van der Waals surface area contributed by atoms with Crippen molar-refractivity contribution in [3.8, 4) is 5.75 Å². The Balaban J connectivity index is 1.77. The average Bonchev–Trinajstić information content (AvgIpc) is 2.77. The van der Waals surface area contributed by atoms with Crippen LogP contribution in [0.15, 0.2) is 77.7 Å². The Morgan fingerprint density at radius 3 is 2.40 bits per heavy atom. The van der Waals surface area contributed by atoms with Crippen molar-refractivity contribution in [1.29, 1.82) is 0 Å². The van der Waals surface area contributed by atoms with Crippen LogP contribution >= 0.6 is 11.6 Å². The minimum Gasteiger partial charge on any atom is -0.497 e. The predicted octanol–water partition coefficient (Wildman–Crippen LogP) is 4.10. The summed E-state index contributed by atoms with van der Waals surface area (Å²) in [6, 6.07) is 19.8. The van der Waals surface area contributed by atoms with Crippen LogP contribution in [0.5, 0.6) is 5.75 Å². The molecular weight excluding hydrogens is 424 g/mol. The van der Waals surface area contributed by atoms with E-state index >= 15 is 0 Å². The summed E-state index contributed by atoms with van der Waals surface area (Å²) < 4.78 is 32.1. The Kier molecular flexibility index (Phi) is 6.64. The predicted molar refractivity (Wildman–Crippen MR) is 118 cm³/mol. The van der Waals surface area contributed by atoms with Gasteiger partial charge in [0.1, 0.15) is 5.75 Å². The molecule has 3 aromatic rings. The van der Waals surface area contributed by atoms with Gasteiger partial charge >= 0.3 is 0 Å². The largest absolute Gasteiger partial charge is 0.497 e. The average molecular weight is 445 g/mol. The van der Waals surface area contributed by atoms with E-state index in [0.717, 1.165) is 9.87 Å². The highest BCUT2D eigenvalue weighted by Crippen LogP contribution is 2.24. The monoisotopic (exact) mass is 444 g/mol. The number of methoxy groups -OCH3 is 1. The lowest BCUT2D eigenvalue weighted by Crippen LogP contribution is -2.27. The second-order valence-electron chi connectivity index (χ2n) is 6.51. The second kappa shape index (κ2) is 9.19. The maximum absolute atomic E-state index is 12.9. The van der Waals surface area contributed by atoms with Crippen molar-refractivity contribution in [2.24, 2.45) is 0 Å². The number of hydrogen-bond donors (Lipinski definition) is 1. The van der Waals surface area contributed by atoms with E-state index < -0.39 is 10.0 Å². The van der Waals surface area contributed by atoms with Gasteiger partial charge in [-0.25, -0.2) is 8.42 Å². The number of nitrogens with one attached hydrogen (secondary N) is 1. The van der Waals surface area contributed by atoms with Gasteiger partial charge in [-0.1, -0.05) is 29.8 Å². The summed E-state index contributed by atoms with van der Waals surface area (Å²) >= 11 is 5.96. The first-order valence-electron chi connectivity index (χ1n) is 9.07. The molecule has 0 radical (unpaired) electrons. The lowest BCUT2D eigenvalue weighted by Gasteiger charge is -2.20. The number of carbonyl (C=O) groups is 1. The summed E-state index contributed by atoms with van der Waals surface area (Å²) in [5.41, 5.74) is 1.60. The van der Waals surface area contributed by atoms with Crippen LogP contribution in [0.1, 0.15) is 15.9 Å². The standard InChI is InChI=1S/C22H21ClN2O4S/c1-25(30(27,28)21-11-9-20(29-2)10-12-21)19-8-4-6-17(14-19)22(26)24-15-16-5-3-7-18(23)13-16/h3-14H,15H2,1-2H3,(H,24,26). The molecule has 0 aliphatic heterocycles. The third-order valence-corrected chi connectivity index (χ3v) is 6.57. The highest BCUT2D eigenvalue weighted by Gasteiger charge is 2.22. The third-order valence-electron chi connectivity index (χ3n) is 4.53. The van der Waals surface area contributed by atoms with Gasteiger partial charge in [0, 0.05) is 24.2 Å². The number of rotatable bonds is 7. The molecule has 0 heterocycles. The molecule has 30 heavy (non-hydrogen) atoms. The van der Waals surface area contributed by atoms with Gasteiger partial charge in [-0.15, -0.1) is 0 Å². The maximum atomic E-state index is 12.9. The lowest BCUT2D eigenvalue weighted by atomic mass is 10.1. The molecule has 0 spiro atoms. The fourth-order valence-electron chi connectivity index (χ4n) is 2.82. The van der Waals surface area contributed by atoms with Gasteiger partial charge in [0.25, 0.3) is 15.9 Å². The molecule has 0 aliphatic rings. The Bertz CT molecular complexity index is 1150. The highest BCUT2D eigenvalue weighted by molar-refractivity contribution is 7.92. The normalized spacial score (nSPS) is 11.0. The number of sulfonamides is 1. The molecular formula is C22H21ClN2O4S. The summed E-state index contributed by atoms with van der Waals surface area (Å²) in [5.74, 6) is 0.252. The Morgan fingerprint density at radius 1 is 1.03 bits per heavy atom. The molecule has 3 rings (SSSR count). The first-order chi connectivity index (χ1) is 14.3. The van der Waals surface area contributed by atoms with Crippen molar-refractivity contribution < 1.29 is 17.9 Å². The number of anilines is 1. The molecule has 0 aromatic heterocycles. The summed E-state index contributed by atoms with van der Waals surface area (Å²) in [6.45, 7) is 0.309. The van der Waals surface area contributed by atoms with E-state index in [2.05, 4.69) is 5.32 Å². The Morgan fingerprint density at radius 2 is 1.73 bits per heavy atom. The molecule has 0 aliphatic carbocycles. The van der Waals surface area contributed by atoms with E-state index in [1.165, 1.54) is 32.4 Å². The topological polar surface area (TPSA) is 75.7 Å². The zero-order valence-electron chi connectivity index (χ0n) is 16.5. The molecule has 8 heteroatoms. The van der Waals surface area contributed by atoms with Gasteiger partial charge < -0.3 is 10.1 Å². The molecule has 0 unspecified atom stereocenters. The highest BCUT2D eigenvalue weighted by atomic mass is 35.5. The molecule has 0 fully saturated rings. The van der Waals surface area contributed by atoms with E-state index in [9.17, 15) is 13.2 Å². The van der Waals surface area contributed by atoms with Gasteiger partial charge in [0.05, 0.1) is 17.7 Å². The molecule has 156 valence electrons. The minimum atomic E-state index is -3.79. The number of amides is 1. The molecule has 0 saturated heterocycles. The molecule has 0 saturated carbocycles. The van der Waals surface area contributed by atoms with Crippen molar-refractivity contribution >= 4 is 33.2 Å². The number of nitrogens with zero attached hydrogens (tertiary/aromatic N) is 1. The summed E-state index contributed by atoms with van der Waals surface area (Å²) in [7, 11) is -0.829. The smallest absolute Gasteiger partial charge is 0.264 e. The third kappa shape index (κ3) is 4.93. The number of halogens is 1. The van der Waals surface area contributed by atoms with Crippen LogP contribution in [-0.2, 0) is 16.6 Å². The molecule has 3 aromatic carbocycles. The summed E-state index contributed by atoms with van der Waals surface area (Å²) in [6.07, 6.45) is 0. The zero-order valence-corrected chi connectivity index (χ0v) is 18.1. The number of carbonyl (C=O) groups excluding carboxylic acids is 1. The van der Waals surface area contributed by atoms with E-state index in [1.54, 1.807) is 42.5 Å². The number of ether oxygens (including phenoxy) is 1. The Labute approximate surface area is 181 Å². The lowest BCUT2D eigenvalue weighted by molar-refractivity contribution is 0.0951. The van der Waals surface area contributed by atoms with E-state index in [0.29, 0.717) is 28.6 Å². The van der Waals surface area contributed by atoms with Crippen molar-refractivity contribution in [2.75, 3.05) is 18.5 Å². The second-order valence-corrected chi connectivity index (χ2v) is 8.92. The van der Waals surface area contributed by atoms with Crippen LogP contribution in [-0.4, -0.2) is 28.5 Å².